The van der Waals surface area contributed by atoms with Gasteiger partial charge in [-0.05, 0) is 157 Å². The van der Waals surface area contributed by atoms with E-state index in [1.54, 1.807) is 18.2 Å². The van der Waals surface area contributed by atoms with Crippen LogP contribution in [0.5, 0.6) is 0 Å². The summed E-state index contributed by atoms with van der Waals surface area (Å²) < 4.78 is 0. The zero-order valence-electron chi connectivity index (χ0n) is 30.8. The summed E-state index contributed by atoms with van der Waals surface area (Å²) >= 11 is 0. The molecule has 0 saturated heterocycles. The van der Waals surface area contributed by atoms with Gasteiger partial charge in [-0.25, -0.2) is 4.79 Å². The number of allylic oxidation sites excluding steroid dienone is 1. The number of fused-ring (bicyclic) bond motifs is 7. The van der Waals surface area contributed by atoms with Gasteiger partial charge < -0.3 is 15.5 Å². The summed E-state index contributed by atoms with van der Waals surface area (Å²) in [4.78, 5) is 26.2. The Kier molecular flexibility index (Phi) is 8.33. The molecular formula is C44H59NO4. The minimum Gasteiger partial charge on any atom is -0.478 e. The number of aliphatic hydroxyl groups excluding tert-OH is 1. The van der Waals surface area contributed by atoms with Gasteiger partial charge in [0.05, 0.1) is 17.1 Å². The normalized spacial score (nSPS) is 40.6. The number of carbonyl (C=O) groups excluding carboxylic acids is 1. The molecule has 5 aliphatic carbocycles. The first-order valence-electron chi connectivity index (χ1n) is 19.1. The van der Waals surface area contributed by atoms with Crippen LogP contribution in [-0.2, 0) is 11.3 Å². The molecule has 0 radical (unpaired) electrons. The summed E-state index contributed by atoms with van der Waals surface area (Å²) in [6, 6.07) is 15.1. The first-order chi connectivity index (χ1) is 23.1. The molecule has 2 aromatic carbocycles. The van der Waals surface area contributed by atoms with Crippen LogP contribution >= 0.6 is 0 Å². The fourth-order valence-corrected chi connectivity index (χ4v) is 13.6. The molecule has 1 amide bonds. The molecule has 5 saturated carbocycles. The van der Waals surface area contributed by atoms with E-state index < -0.39 is 5.97 Å². The highest BCUT2D eigenvalue weighted by Crippen LogP contribution is 2.77. The summed E-state index contributed by atoms with van der Waals surface area (Å²) in [6.07, 6.45) is 10.7. The molecule has 5 heteroatoms. The number of carboxylic acid groups (broad SMARTS) is 1. The molecule has 0 heterocycles. The van der Waals surface area contributed by atoms with E-state index in [0.29, 0.717) is 36.1 Å². The second-order valence-electron chi connectivity index (χ2n) is 18.5. The highest BCUT2D eigenvalue weighted by atomic mass is 16.4. The zero-order chi connectivity index (χ0) is 35.1. The Bertz CT molecular complexity index is 1660. The van der Waals surface area contributed by atoms with Crippen molar-refractivity contribution in [3.8, 4) is 11.1 Å². The molecule has 5 nitrogen and oxygen atoms in total. The molecule has 4 unspecified atom stereocenters. The molecule has 49 heavy (non-hydrogen) atoms. The fraction of sp³-hybridized carbons (Fsp3) is 0.636. The average molecular weight is 666 g/mol. The number of carbonyl (C=O) groups is 2. The van der Waals surface area contributed by atoms with Crippen molar-refractivity contribution < 1.29 is 19.8 Å². The summed E-state index contributed by atoms with van der Waals surface area (Å²) in [6.45, 7) is 19.7. The maximum Gasteiger partial charge on any atom is 0.335 e. The van der Waals surface area contributed by atoms with Crippen molar-refractivity contribution in [2.75, 3.05) is 0 Å². The second-order valence-corrected chi connectivity index (χ2v) is 18.5. The van der Waals surface area contributed by atoms with Crippen LogP contribution in [-0.4, -0.2) is 28.2 Å². The number of aromatic carboxylic acids is 1. The Morgan fingerprint density at radius 2 is 1.53 bits per heavy atom. The van der Waals surface area contributed by atoms with Crippen molar-refractivity contribution in [1.29, 1.82) is 0 Å². The smallest absolute Gasteiger partial charge is 0.335 e. The molecule has 2 aromatic rings. The van der Waals surface area contributed by atoms with Gasteiger partial charge in [-0.3, -0.25) is 4.79 Å². The van der Waals surface area contributed by atoms with E-state index in [2.05, 4.69) is 59.5 Å². The van der Waals surface area contributed by atoms with Crippen molar-refractivity contribution in [2.45, 2.75) is 118 Å². The van der Waals surface area contributed by atoms with Gasteiger partial charge in [-0.1, -0.05) is 77.1 Å². The van der Waals surface area contributed by atoms with E-state index in [9.17, 15) is 19.8 Å². The van der Waals surface area contributed by atoms with Gasteiger partial charge in [0, 0.05) is 6.54 Å². The third-order valence-electron chi connectivity index (χ3n) is 16.3. The van der Waals surface area contributed by atoms with Gasteiger partial charge in [0.1, 0.15) is 0 Å². The number of benzene rings is 2. The predicted octanol–water partition coefficient (Wildman–Crippen LogP) is 9.69. The van der Waals surface area contributed by atoms with Crippen molar-refractivity contribution in [2.24, 2.45) is 56.7 Å². The Morgan fingerprint density at radius 1 is 0.816 bits per heavy atom. The largest absolute Gasteiger partial charge is 0.478 e. The third kappa shape index (κ3) is 5.02. The first kappa shape index (κ1) is 34.5. The zero-order valence-corrected chi connectivity index (χ0v) is 30.8. The van der Waals surface area contributed by atoms with Gasteiger partial charge >= 0.3 is 5.97 Å². The molecule has 0 aliphatic heterocycles. The second kappa shape index (κ2) is 11.8. The van der Waals surface area contributed by atoms with Crippen LogP contribution in [0.1, 0.15) is 122 Å². The molecule has 0 spiro atoms. The molecule has 3 N–H and O–H groups in total. The number of nitrogens with one attached hydrogen (secondary N) is 1. The summed E-state index contributed by atoms with van der Waals surface area (Å²) in [5.41, 5.74) is 4.53. The first-order valence-corrected chi connectivity index (χ1v) is 19.1. The number of rotatable bonds is 6. The van der Waals surface area contributed by atoms with Crippen molar-refractivity contribution in [3.63, 3.8) is 0 Å². The van der Waals surface area contributed by atoms with Crippen LogP contribution < -0.4 is 5.32 Å². The molecule has 7 rings (SSSR count). The van der Waals surface area contributed by atoms with Crippen LogP contribution in [0.2, 0.25) is 0 Å². The standard InChI is InChI=1S/C44H59NO4/c1-27(2)32-16-21-44(39(49)45-26-28-10-8-11-29(24-28)30-12-9-13-31(25-30)38(47)48)23-22-42(6)33(37(32)44)14-15-35-41(5)19-18-36(46)40(3,4)34(41)17-20-43(35,42)7/h8-13,24-25,32-37,46H,1,14-23,26H2,2-7H3,(H,45,49)(H,47,48)/t32-,33?,34?,35?,36-,37?,41-,42+,43+,44-/m0/s1. The highest BCUT2D eigenvalue weighted by Gasteiger charge is 2.71. The third-order valence-corrected chi connectivity index (χ3v) is 16.3. The number of aliphatic hydroxyl groups is 1. The number of hydrogen-bond donors (Lipinski definition) is 3. The van der Waals surface area contributed by atoms with E-state index in [0.717, 1.165) is 55.2 Å². The molecule has 10 atom stereocenters. The van der Waals surface area contributed by atoms with E-state index in [4.69, 9.17) is 0 Å². The minimum absolute atomic E-state index is 0.0512. The van der Waals surface area contributed by atoms with Gasteiger partial charge in [0.25, 0.3) is 0 Å². The van der Waals surface area contributed by atoms with Gasteiger partial charge in [0.15, 0.2) is 0 Å². The molecule has 0 bridgehead atoms. The maximum atomic E-state index is 14.7. The SMILES string of the molecule is C=C(C)[C@@H]1CC[C@]2(C(=O)NCc3cccc(-c4cccc(C(=O)O)c4)c3)CC[C@]3(C)C(CCC4[C@@]5(C)CC[C@H](O)C(C)(C)C5CC[C@]43C)C12. The molecule has 5 aliphatic rings. The number of hydrogen-bond acceptors (Lipinski definition) is 3. The Hall–Kier alpha value is -2.92. The topological polar surface area (TPSA) is 86.6 Å². The van der Waals surface area contributed by atoms with Crippen LogP contribution in [0.3, 0.4) is 0 Å². The van der Waals surface area contributed by atoms with Crippen LogP contribution in [0, 0.1) is 56.7 Å². The van der Waals surface area contributed by atoms with E-state index >= 15 is 0 Å². The Labute approximate surface area is 294 Å². The van der Waals surface area contributed by atoms with Crippen LogP contribution in [0.25, 0.3) is 11.1 Å². The quantitative estimate of drug-likeness (QED) is 0.268. The summed E-state index contributed by atoms with van der Waals surface area (Å²) in [5, 5.41) is 24.0. The van der Waals surface area contributed by atoms with Crippen molar-refractivity contribution in [3.05, 3.63) is 71.8 Å². The van der Waals surface area contributed by atoms with Gasteiger partial charge in [-0.15, -0.1) is 0 Å². The monoisotopic (exact) mass is 665 g/mol. The Morgan fingerprint density at radius 3 is 2.24 bits per heavy atom. The lowest BCUT2D eigenvalue weighted by Gasteiger charge is -2.72. The lowest BCUT2D eigenvalue weighted by atomic mass is 9.32. The fourth-order valence-electron chi connectivity index (χ4n) is 13.6. The van der Waals surface area contributed by atoms with E-state index in [1.807, 2.05) is 24.3 Å². The summed E-state index contributed by atoms with van der Waals surface area (Å²) in [7, 11) is 0. The van der Waals surface area contributed by atoms with E-state index in [-0.39, 0.29) is 44.6 Å². The predicted molar refractivity (Wildman–Crippen MR) is 196 cm³/mol. The highest BCUT2D eigenvalue weighted by molar-refractivity contribution is 5.89. The van der Waals surface area contributed by atoms with Gasteiger partial charge in [0.2, 0.25) is 5.91 Å². The lowest BCUT2D eigenvalue weighted by Crippen LogP contribution is -2.67. The average Bonchev–Trinajstić information content (AvgIpc) is 3.47. The molecule has 0 aromatic heterocycles. The summed E-state index contributed by atoms with van der Waals surface area (Å²) in [5.74, 6) is 1.63. The number of carboxylic acids is 1. The van der Waals surface area contributed by atoms with Gasteiger partial charge in [-0.2, -0.15) is 0 Å². The minimum atomic E-state index is -0.936. The Balaban J connectivity index is 1.15. The number of amides is 1. The van der Waals surface area contributed by atoms with Crippen molar-refractivity contribution >= 4 is 11.9 Å². The van der Waals surface area contributed by atoms with Crippen LogP contribution in [0.4, 0.5) is 0 Å². The molecular weight excluding hydrogens is 606 g/mol. The van der Waals surface area contributed by atoms with Crippen LogP contribution in [0.15, 0.2) is 60.7 Å². The maximum absolute atomic E-state index is 14.7. The molecule has 5 fully saturated rings. The van der Waals surface area contributed by atoms with E-state index in [1.165, 1.54) is 31.3 Å². The molecule has 264 valence electrons. The lowest BCUT2D eigenvalue weighted by molar-refractivity contribution is -0.246. The van der Waals surface area contributed by atoms with Crippen molar-refractivity contribution in [1.82, 2.24) is 5.32 Å².